The van der Waals surface area contributed by atoms with Gasteiger partial charge in [-0.05, 0) is 41.4 Å². The normalized spacial score (nSPS) is 12.7. The predicted molar refractivity (Wildman–Crippen MR) is 119 cm³/mol. The molecule has 0 radical (unpaired) electrons. The standard InChI is InChI=1S/C24H17F2N5O3/c25-16-9-15(10-17(26)11-16)23(34)21(24-29-18-6-1-2-7-19(18)30-24)22(33)14-5-3-4-13(8-14)20(32)12-28-31-27/h1-11,20-21,32H,12H2,(H,29,30). The second-order valence-corrected chi connectivity index (χ2v) is 7.51. The molecule has 1 aromatic heterocycles. The smallest absolute Gasteiger partial charge is 0.181 e. The summed E-state index contributed by atoms with van der Waals surface area (Å²) < 4.78 is 27.7. The van der Waals surface area contributed by atoms with E-state index >= 15 is 0 Å². The number of aliphatic hydroxyl groups is 1. The Morgan fingerprint density at radius 1 is 1.00 bits per heavy atom. The number of nitrogens with zero attached hydrogens (tertiary/aromatic N) is 4. The highest BCUT2D eigenvalue weighted by atomic mass is 19.1. The number of azide groups is 1. The van der Waals surface area contributed by atoms with Gasteiger partial charge in [0.05, 0.1) is 23.7 Å². The summed E-state index contributed by atoms with van der Waals surface area (Å²) in [6.07, 6.45) is -1.17. The molecule has 2 N–H and O–H groups in total. The van der Waals surface area contributed by atoms with Crippen LogP contribution in [0.3, 0.4) is 0 Å². The van der Waals surface area contributed by atoms with E-state index in [1.165, 1.54) is 24.3 Å². The molecule has 2 atom stereocenters. The van der Waals surface area contributed by atoms with Crippen molar-refractivity contribution in [2.24, 2.45) is 5.11 Å². The number of para-hydroxylation sites is 2. The van der Waals surface area contributed by atoms with Crippen LogP contribution in [0.1, 0.15) is 44.1 Å². The van der Waals surface area contributed by atoms with Crippen molar-refractivity contribution in [3.8, 4) is 0 Å². The molecule has 10 heteroatoms. The van der Waals surface area contributed by atoms with Crippen LogP contribution in [0.25, 0.3) is 21.5 Å². The molecule has 0 spiro atoms. The van der Waals surface area contributed by atoms with Gasteiger partial charge < -0.3 is 10.1 Å². The maximum absolute atomic E-state index is 13.8. The number of Topliss-reactive ketones (excluding diaryl/α,β-unsaturated/α-hetero) is 2. The molecule has 34 heavy (non-hydrogen) atoms. The van der Waals surface area contributed by atoms with Gasteiger partial charge in [0.1, 0.15) is 23.4 Å². The van der Waals surface area contributed by atoms with Crippen LogP contribution in [0.4, 0.5) is 8.78 Å². The number of aromatic amines is 1. The minimum Gasteiger partial charge on any atom is -0.388 e. The number of nitrogens with one attached hydrogen (secondary N) is 1. The van der Waals surface area contributed by atoms with Crippen LogP contribution < -0.4 is 0 Å². The molecule has 4 rings (SSSR count). The van der Waals surface area contributed by atoms with Crippen molar-refractivity contribution in [1.82, 2.24) is 9.97 Å². The van der Waals surface area contributed by atoms with Gasteiger partial charge in [0.2, 0.25) is 0 Å². The Morgan fingerprint density at radius 3 is 2.41 bits per heavy atom. The largest absolute Gasteiger partial charge is 0.388 e. The summed E-state index contributed by atoms with van der Waals surface area (Å²) in [5, 5.41) is 13.5. The van der Waals surface area contributed by atoms with Gasteiger partial charge in [0.25, 0.3) is 0 Å². The van der Waals surface area contributed by atoms with Gasteiger partial charge in [-0.2, -0.15) is 0 Å². The Bertz CT molecular complexity index is 1390. The van der Waals surface area contributed by atoms with Crippen LogP contribution in [0.2, 0.25) is 0 Å². The number of fused-ring (bicyclic) bond motifs is 1. The van der Waals surface area contributed by atoms with Gasteiger partial charge in [-0.25, -0.2) is 13.8 Å². The second-order valence-electron chi connectivity index (χ2n) is 7.51. The van der Waals surface area contributed by atoms with Gasteiger partial charge in [0, 0.05) is 22.1 Å². The lowest BCUT2D eigenvalue weighted by Gasteiger charge is -2.15. The third kappa shape index (κ3) is 4.68. The van der Waals surface area contributed by atoms with Crippen molar-refractivity contribution in [2.75, 3.05) is 6.54 Å². The van der Waals surface area contributed by atoms with Crippen LogP contribution in [0, 0.1) is 11.6 Å². The number of aliphatic hydroxyl groups excluding tert-OH is 1. The van der Waals surface area contributed by atoms with Gasteiger partial charge in [0.15, 0.2) is 11.6 Å². The second kappa shape index (κ2) is 9.62. The van der Waals surface area contributed by atoms with Crippen LogP contribution in [0.15, 0.2) is 71.8 Å². The molecule has 0 aliphatic carbocycles. The number of rotatable bonds is 8. The lowest BCUT2D eigenvalue weighted by atomic mass is 9.88. The highest BCUT2D eigenvalue weighted by molar-refractivity contribution is 6.19. The topological polar surface area (TPSA) is 132 Å². The first-order valence-electron chi connectivity index (χ1n) is 10.2. The molecule has 2 unspecified atom stereocenters. The molecular formula is C24H17F2N5O3. The summed E-state index contributed by atoms with van der Waals surface area (Å²) in [5.74, 6) is -4.96. The van der Waals surface area contributed by atoms with Gasteiger partial charge in [-0.1, -0.05) is 35.4 Å². The number of ketones is 2. The number of hydrogen-bond acceptors (Lipinski definition) is 5. The zero-order valence-corrected chi connectivity index (χ0v) is 17.5. The van der Waals surface area contributed by atoms with Crippen molar-refractivity contribution in [3.63, 3.8) is 0 Å². The number of H-pyrrole nitrogens is 1. The van der Waals surface area contributed by atoms with Crippen LogP contribution in [-0.4, -0.2) is 33.2 Å². The molecule has 8 nitrogen and oxygen atoms in total. The number of imidazole rings is 1. The van der Waals surface area contributed by atoms with E-state index in [0.717, 1.165) is 12.1 Å². The summed E-state index contributed by atoms with van der Waals surface area (Å²) in [6.45, 7) is -0.247. The Kier molecular flexibility index (Phi) is 6.44. The quantitative estimate of drug-likeness (QED) is 0.125. The van der Waals surface area contributed by atoms with Crippen LogP contribution >= 0.6 is 0 Å². The lowest BCUT2D eigenvalue weighted by molar-refractivity contribution is 0.0855. The maximum Gasteiger partial charge on any atom is 0.181 e. The average molecular weight is 461 g/mol. The van der Waals surface area contributed by atoms with E-state index in [-0.39, 0.29) is 23.5 Å². The third-order valence-corrected chi connectivity index (χ3v) is 5.23. The molecule has 0 bridgehead atoms. The zero-order chi connectivity index (χ0) is 24.2. The van der Waals surface area contributed by atoms with Gasteiger partial charge in [-0.3, -0.25) is 9.59 Å². The first-order valence-corrected chi connectivity index (χ1v) is 10.2. The Morgan fingerprint density at radius 2 is 1.71 bits per heavy atom. The maximum atomic E-state index is 13.8. The molecular weight excluding hydrogens is 444 g/mol. The Hall–Kier alpha value is -4.40. The number of hydrogen-bond donors (Lipinski definition) is 2. The SMILES string of the molecule is [N-]=[N+]=NCC(O)c1cccc(C(=O)C(C(=O)c2cc(F)cc(F)c2)c2nc3ccccc3[nH]2)c1. The number of aromatic nitrogens is 2. The first-order chi connectivity index (χ1) is 16.4. The fourth-order valence-electron chi connectivity index (χ4n) is 3.62. The summed E-state index contributed by atoms with van der Waals surface area (Å²) in [7, 11) is 0. The third-order valence-electron chi connectivity index (χ3n) is 5.23. The van der Waals surface area contributed by atoms with E-state index in [9.17, 15) is 23.5 Å². The summed E-state index contributed by atoms with van der Waals surface area (Å²) in [5.41, 5.74) is 9.58. The van der Waals surface area contributed by atoms with Crippen LogP contribution in [0.5, 0.6) is 0 Å². The molecule has 1 heterocycles. The molecule has 0 aliphatic heterocycles. The molecule has 0 aliphatic rings. The monoisotopic (exact) mass is 461 g/mol. The zero-order valence-electron chi connectivity index (χ0n) is 17.5. The van der Waals surface area contributed by atoms with E-state index in [1.54, 1.807) is 24.3 Å². The predicted octanol–water partition coefficient (Wildman–Crippen LogP) is 5.03. The van der Waals surface area contributed by atoms with Gasteiger partial charge >= 0.3 is 0 Å². The van der Waals surface area contributed by atoms with Crippen molar-refractivity contribution in [3.05, 3.63) is 111 Å². The van der Waals surface area contributed by atoms with Crippen molar-refractivity contribution >= 4 is 22.6 Å². The van der Waals surface area contributed by atoms with Crippen molar-refractivity contribution in [1.29, 1.82) is 0 Å². The minimum absolute atomic E-state index is 0.0147. The highest BCUT2D eigenvalue weighted by Crippen LogP contribution is 2.28. The first kappa shape index (κ1) is 22.8. The van der Waals surface area contributed by atoms with Crippen molar-refractivity contribution < 1.29 is 23.5 Å². The highest BCUT2D eigenvalue weighted by Gasteiger charge is 2.34. The Labute approximate surface area is 191 Å². The number of halogens is 2. The lowest BCUT2D eigenvalue weighted by Crippen LogP contribution is -2.24. The fourth-order valence-corrected chi connectivity index (χ4v) is 3.62. The average Bonchev–Trinajstić information content (AvgIpc) is 3.25. The number of benzene rings is 3. The van der Waals surface area contributed by atoms with E-state index in [0.29, 0.717) is 22.7 Å². The number of carbonyl (C=O) groups is 2. The van der Waals surface area contributed by atoms with Crippen LogP contribution in [-0.2, 0) is 0 Å². The summed E-state index contributed by atoms with van der Waals surface area (Å²) >= 11 is 0. The minimum atomic E-state index is -1.53. The Balaban J connectivity index is 1.80. The molecule has 0 saturated carbocycles. The van der Waals surface area contributed by atoms with E-state index in [2.05, 4.69) is 20.0 Å². The summed E-state index contributed by atoms with van der Waals surface area (Å²) in [4.78, 5) is 36.9. The molecule has 0 fully saturated rings. The fraction of sp³-hybridized carbons (Fsp3) is 0.125. The molecule has 0 saturated heterocycles. The van der Waals surface area contributed by atoms with E-state index in [1.807, 2.05) is 0 Å². The van der Waals surface area contributed by atoms with E-state index in [4.69, 9.17) is 5.53 Å². The van der Waals surface area contributed by atoms with Crippen molar-refractivity contribution in [2.45, 2.75) is 12.0 Å². The van der Waals surface area contributed by atoms with E-state index < -0.39 is 35.2 Å². The molecule has 170 valence electrons. The summed E-state index contributed by atoms with van der Waals surface area (Å²) in [6, 6.07) is 15.1. The molecule has 4 aromatic rings. The van der Waals surface area contributed by atoms with Gasteiger partial charge in [-0.15, -0.1) is 0 Å². The molecule has 3 aromatic carbocycles. The molecule has 0 amide bonds. The number of carbonyl (C=O) groups excluding carboxylic acids is 2.